The van der Waals surface area contributed by atoms with Crippen molar-refractivity contribution in [3.63, 3.8) is 0 Å². The van der Waals surface area contributed by atoms with Gasteiger partial charge in [-0.1, -0.05) is 117 Å². The molecule has 1 aliphatic rings. The molecule has 1 heterocycles. The molecule has 0 saturated carbocycles. The van der Waals surface area contributed by atoms with E-state index in [1.165, 1.54) is 5.56 Å². The van der Waals surface area contributed by atoms with Crippen LogP contribution in [0, 0.1) is 6.92 Å². The fourth-order valence-corrected chi connectivity index (χ4v) is 6.28. The number of hydrogen-bond donors (Lipinski definition) is 1. The second-order valence-electron chi connectivity index (χ2n) is 11.1. The highest BCUT2D eigenvalue weighted by Gasteiger charge is 2.40. The minimum atomic E-state index is -0.481. The molecule has 1 N–H and O–H groups in total. The van der Waals surface area contributed by atoms with Gasteiger partial charge in [0.15, 0.2) is 0 Å². The number of nitrogens with zero attached hydrogens (tertiary/aromatic N) is 1. The molecule has 0 saturated heterocycles. The summed E-state index contributed by atoms with van der Waals surface area (Å²) < 4.78 is 2.10. The van der Waals surface area contributed by atoms with Crippen LogP contribution in [0.2, 0.25) is 0 Å². The molecule has 0 aliphatic heterocycles. The van der Waals surface area contributed by atoms with Crippen molar-refractivity contribution in [1.82, 2.24) is 4.57 Å². The minimum Gasteiger partial charge on any atom is -0.506 e. The third-order valence-electron chi connectivity index (χ3n) is 8.54. The molecule has 0 spiro atoms. The van der Waals surface area contributed by atoms with E-state index >= 15 is 0 Å². The lowest BCUT2D eigenvalue weighted by Gasteiger charge is -2.34. The molecule has 4 aromatic carbocycles. The number of hydrogen-bond acceptors (Lipinski definition) is 2. The predicted molar refractivity (Wildman–Crippen MR) is 169 cm³/mol. The van der Waals surface area contributed by atoms with Crippen LogP contribution in [0.25, 0.3) is 27.7 Å². The maximum absolute atomic E-state index is 13.9. The maximum atomic E-state index is 13.9. The van der Waals surface area contributed by atoms with E-state index in [4.69, 9.17) is 0 Å². The van der Waals surface area contributed by atoms with Crippen LogP contribution in [0.1, 0.15) is 29.2 Å². The molecule has 1 atom stereocenters. The molecule has 3 heteroatoms. The number of aliphatic hydroxyl groups is 1. The van der Waals surface area contributed by atoms with Crippen LogP contribution in [0.15, 0.2) is 139 Å². The number of aryl methyl sites for hydroxylation is 2. The Hall–Kier alpha value is -4.89. The van der Waals surface area contributed by atoms with Gasteiger partial charge in [-0.2, -0.15) is 0 Å². The van der Waals surface area contributed by atoms with Gasteiger partial charge >= 0.3 is 0 Å². The zero-order valence-electron chi connectivity index (χ0n) is 23.7. The average molecular weight is 536 g/mol. The number of aliphatic hydroxyl groups excluding tert-OH is 1. The number of para-hydroxylation sites is 1. The number of carbonyl (C=O) groups excluding carboxylic acids is 1. The van der Waals surface area contributed by atoms with Gasteiger partial charge in [0.1, 0.15) is 5.76 Å². The van der Waals surface area contributed by atoms with Crippen molar-refractivity contribution in [1.29, 1.82) is 0 Å². The van der Waals surface area contributed by atoms with Crippen molar-refractivity contribution < 1.29 is 9.90 Å². The lowest BCUT2D eigenvalue weighted by Crippen LogP contribution is -2.29. The molecule has 0 fully saturated rings. The summed E-state index contributed by atoms with van der Waals surface area (Å²) in [4.78, 5) is 13.9. The van der Waals surface area contributed by atoms with Crippen LogP contribution in [0.4, 0.5) is 0 Å². The number of allylic oxidation sites excluding steroid dienone is 4. The molecule has 0 amide bonds. The second kappa shape index (κ2) is 10.3. The number of rotatable bonds is 7. The summed E-state index contributed by atoms with van der Waals surface area (Å²) in [5, 5.41) is 12.4. The smallest absolute Gasteiger partial charge is 0.201 e. The topological polar surface area (TPSA) is 42.2 Å². The van der Waals surface area contributed by atoms with Gasteiger partial charge in [0.25, 0.3) is 0 Å². The van der Waals surface area contributed by atoms with E-state index in [-0.39, 0.29) is 11.5 Å². The van der Waals surface area contributed by atoms with E-state index < -0.39 is 5.41 Å². The maximum Gasteiger partial charge on any atom is 0.201 e. The van der Waals surface area contributed by atoms with E-state index in [0.29, 0.717) is 17.6 Å². The minimum absolute atomic E-state index is 0.0246. The van der Waals surface area contributed by atoms with Gasteiger partial charge in [0, 0.05) is 28.9 Å². The van der Waals surface area contributed by atoms with Crippen molar-refractivity contribution in [3.8, 4) is 11.3 Å². The highest BCUT2D eigenvalue weighted by atomic mass is 16.3. The van der Waals surface area contributed by atoms with Gasteiger partial charge in [-0.05, 0) is 53.3 Å². The summed E-state index contributed by atoms with van der Waals surface area (Å²) in [6.07, 6.45) is 2.51. The normalized spacial score (nSPS) is 15.7. The Labute approximate surface area is 241 Å². The van der Waals surface area contributed by atoms with Crippen LogP contribution in [0.3, 0.4) is 0 Å². The first-order chi connectivity index (χ1) is 19.8. The van der Waals surface area contributed by atoms with Gasteiger partial charge < -0.3 is 9.67 Å². The third kappa shape index (κ3) is 4.35. The molecule has 5 aromatic rings. The monoisotopic (exact) mass is 535 g/mol. The lowest BCUT2D eigenvalue weighted by atomic mass is 9.69. The third-order valence-corrected chi connectivity index (χ3v) is 8.54. The van der Waals surface area contributed by atoms with Crippen molar-refractivity contribution >= 4 is 22.3 Å². The number of ketones is 1. The second-order valence-corrected chi connectivity index (χ2v) is 11.1. The Morgan fingerprint density at radius 1 is 0.878 bits per heavy atom. The molecule has 0 radical (unpaired) electrons. The first-order valence-electron chi connectivity index (χ1n) is 13.9. The van der Waals surface area contributed by atoms with E-state index in [1.807, 2.05) is 92.0 Å². The quantitative estimate of drug-likeness (QED) is 0.212. The Balaban J connectivity index is 1.47. The van der Waals surface area contributed by atoms with Gasteiger partial charge in [0.05, 0.1) is 16.8 Å². The summed E-state index contributed by atoms with van der Waals surface area (Å²) in [5.41, 5.74) is 8.15. The van der Waals surface area contributed by atoms with Crippen LogP contribution in [-0.2, 0) is 23.7 Å². The van der Waals surface area contributed by atoms with Gasteiger partial charge in [-0.3, -0.25) is 4.79 Å². The average Bonchev–Trinajstić information content (AvgIpc) is 3.28. The van der Waals surface area contributed by atoms with Crippen molar-refractivity contribution in [2.75, 3.05) is 0 Å². The Morgan fingerprint density at radius 3 is 2.17 bits per heavy atom. The Bertz CT molecular complexity index is 1870. The Morgan fingerprint density at radius 2 is 1.49 bits per heavy atom. The highest BCUT2D eigenvalue weighted by molar-refractivity contribution is 6.41. The zero-order valence-corrected chi connectivity index (χ0v) is 23.7. The van der Waals surface area contributed by atoms with Gasteiger partial charge in [0.2, 0.25) is 5.78 Å². The molecule has 1 unspecified atom stereocenters. The van der Waals surface area contributed by atoms with Crippen LogP contribution >= 0.6 is 0 Å². The summed E-state index contributed by atoms with van der Waals surface area (Å²) in [7, 11) is 2.00. The molecular formula is C38H33NO2. The summed E-state index contributed by atoms with van der Waals surface area (Å²) in [5.74, 6) is -0.138. The van der Waals surface area contributed by atoms with E-state index in [0.717, 1.165) is 44.4 Å². The molecule has 202 valence electrons. The summed E-state index contributed by atoms with van der Waals surface area (Å²) in [6.45, 7) is 8.76. The fourth-order valence-electron chi connectivity index (χ4n) is 6.28. The summed E-state index contributed by atoms with van der Waals surface area (Å²) >= 11 is 0. The van der Waals surface area contributed by atoms with Crippen molar-refractivity contribution in [3.05, 3.63) is 161 Å². The first-order valence-corrected chi connectivity index (χ1v) is 13.9. The molecule has 6 rings (SSSR count). The largest absolute Gasteiger partial charge is 0.506 e. The number of Topliss-reactive ketones (excluding diaryl/α,β-unsaturated/α-hetero) is 1. The van der Waals surface area contributed by atoms with Crippen molar-refractivity contribution in [2.24, 2.45) is 7.05 Å². The predicted octanol–water partition coefficient (Wildman–Crippen LogP) is 8.69. The van der Waals surface area contributed by atoms with E-state index in [2.05, 4.69) is 49.3 Å². The fraction of sp³-hybridized carbons (Fsp3) is 0.132. The van der Waals surface area contributed by atoms with Crippen LogP contribution < -0.4 is 0 Å². The number of fused-ring (bicyclic) bond motifs is 1. The molecule has 1 aromatic heterocycles. The highest BCUT2D eigenvalue weighted by Crippen LogP contribution is 2.46. The lowest BCUT2D eigenvalue weighted by molar-refractivity contribution is -0.111. The van der Waals surface area contributed by atoms with Gasteiger partial charge in [-0.15, -0.1) is 0 Å². The molecule has 1 aliphatic carbocycles. The van der Waals surface area contributed by atoms with Crippen LogP contribution in [-0.4, -0.2) is 15.5 Å². The van der Waals surface area contributed by atoms with E-state index in [9.17, 15) is 9.90 Å². The number of benzene rings is 4. The molecule has 3 nitrogen and oxygen atoms in total. The standard InChI is InChI=1S/C38H33NO2/c1-25-15-11-13-21-31(25)38(3,24-27-16-7-5-8-17-27)26(2)23-30-36(40)34(37(30)41)33-29-20-12-14-22-32(29)39(4)35(33)28-18-9-6-10-19-28/h5-23,40H,2,24H2,1,3-4H3/b30-23-. The molecular weight excluding hydrogens is 502 g/mol. The summed E-state index contributed by atoms with van der Waals surface area (Å²) in [6, 6.07) is 36.7. The molecule has 0 bridgehead atoms. The van der Waals surface area contributed by atoms with Crippen molar-refractivity contribution in [2.45, 2.75) is 25.7 Å². The number of aromatic nitrogens is 1. The SMILES string of the molecule is C=C(/C=C1\C(=O)C(c2c(-c3ccccc3)n(C)c3ccccc23)=C1O)C(C)(Cc1ccccc1)c1ccccc1C. The van der Waals surface area contributed by atoms with E-state index in [1.54, 1.807) is 6.08 Å². The van der Waals surface area contributed by atoms with Gasteiger partial charge in [-0.25, -0.2) is 0 Å². The Kier molecular flexibility index (Phi) is 6.59. The zero-order chi connectivity index (χ0) is 28.7. The molecule has 41 heavy (non-hydrogen) atoms. The first kappa shape index (κ1) is 26.3. The van der Waals surface area contributed by atoms with Crippen LogP contribution in [0.5, 0.6) is 0 Å². The number of carbonyl (C=O) groups is 1.